The normalized spacial score (nSPS) is 21.1. The zero-order chi connectivity index (χ0) is 21.2. The third-order valence-electron chi connectivity index (χ3n) is 7.00. The molecule has 0 aliphatic heterocycles. The standard InChI is InChI=1S/C27H32N2OS/c1-18-14-22(12-13-26(18)30-2)20-8-6-19(7-9-20)17-28-24-5-3-4-23(15-24)27-16-25(29-31-27)21-10-11-21/h3-5,12-16,19-21,28H,6-11,17H2,1-2H3/t19-,20-. The van der Waals surface area contributed by atoms with E-state index in [9.17, 15) is 0 Å². The minimum atomic E-state index is 0.691. The summed E-state index contributed by atoms with van der Waals surface area (Å²) in [5, 5.41) is 3.71. The van der Waals surface area contributed by atoms with Crippen LogP contribution in [0.2, 0.25) is 0 Å². The first kappa shape index (κ1) is 20.6. The summed E-state index contributed by atoms with van der Waals surface area (Å²) in [5.41, 5.74) is 6.53. The zero-order valence-corrected chi connectivity index (χ0v) is 19.4. The fourth-order valence-electron chi connectivity index (χ4n) is 4.90. The van der Waals surface area contributed by atoms with Crippen LogP contribution >= 0.6 is 11.5 Å². The van der Waals surface area contributed by atoms with Gasteiger partial charge in [0, 0.05) is 18.2 Å². The van der Waals surface area contributed by atoms with E-state index in [0.717, 1.165) is 24.1 Å². The van der Waals surface area contributed by atoms with Crippen LogP contribution < -0.4 is 10.1 Å². The van der Waals surface area contributed by atoms with Gasteiger partial charge in [0.15, 0.2) is 0 Å². The summed E-state index contributed by atoms with van der Waals surface area (Å²) in [5.74, 6) is 3.16. The van der Waals surface area contributed by atoms with E-state index in [2.05, 4.69) is 65.1 Å². The molecule has 2 fully saturated rings. The van der Waals surface area contributed by atoms with Crippen molar-refractivity contribution < 1.29 is 4.74 Å². The van der Waals surface area contributed by atoms with Gasteiger partial charge < -0.3 is 10.1 Å². The van der Waals surface area contributed by atoms with Gasteiger partial charge in [-0.3, -0.25) is 0 Å². The molecule has 5 rings (SSSR count). The molecular weight excluding hydrogens is 400 g/mol. The van der Waals surface area contributed by atoms with Crippen molar-refractivity contribution in [1.29, 1.82) is 0 Å². The molecule has 162 valence electrons. The molecule has 0 unspecified atom stereocenters. The van der Waals surface area contributed by atoms with Crippen molar-refractivity contribution in [3.8, 4) is 16.2 Å². The van der Waals surface area contributed by atoms with Gasteiger partial charge in [-0.25, -0.2) is 0 Å². The maximum Gasteiger partial charge on any atom is 0.121 e. The van der Waals surface area contributed by atoms with Crippen LogP contribution in [-0.2, 0) is 0 Å². The van der Waals surface area contributed by atoms with Crippen LogP contribution in [0.1, 0.15) is 67.2 Å². The van der Waals surface area contributed by atoms with E-state index in [1.54, 1.807) is 18.6 Å². The molecule has 2 aromatic carbocycles. The summed E-state index contributed by atoms with van der Waals surface area (Å²) in [6.45, 7) is 3.21. The lowest BCUT2D eigenvalue weighted by molar-refractivity contribution is 0.338. The number of rotatable bonds is 7. The van der Waals surface area contributed by atoms with E-state index in [4.69, 9.17) is 4.74 Å². The van der Waals surface area contributed by atoms with Gasteiger partial charge in [0.1, 0.15) is 5.75 Å². The number of hydrogen-bond acceptors (Lipinski definition) is 4. The lowest BCUT2D eigenvalue weighted by Gasteiger charge is -2.29. The number of aryl methyl sites for hydroxylation is 1. The van der Waals surface area contributed by atoms with E-state index in [1.165, 1.54) is 71.5 Å². The van der Waals surface area contributed by atoms with E-state index in [0.29, 0.717) is 5.92 Å². The van der Waals surface area contributed by atoms with Crippen molar-refractivity contribution >= 4 is 17.2 Å². The maximum absolute atomic E-state index is 5.42. The van der Waals surface area contributed by atoms with Crippen LogP contribution in [-0.4, -0.2) is 18.0 Å². The molecule has 0 saturated heterocycles. The highest BCUT2D eigenvalue weighted by Gasteiger charge is 2.26. The summed E-state index contributed by atoms with van der Waals surface area (Å²) in [6, 6.07) is 17.9. The molecule has 1 aromatic heterocycles. The summed E-state index contributed by atoms with van der Waals surface area (Å²) in [4.78, 5) is 1.29. The Labute approximate surface area is 190 Å². The van der Waals surface area contributed by atoms with Gasteiger partial charge in [-0.15, -0.1) is 0 Å². The number of benzene rings is 2. The SMILES string of the molecule is COc1ccc([C@H]2CC[C@H](CNc3cccc(-c4cc(C5CC5)ns4)c3)CC2)cc1C. The number of methoxy groups -OCH3 is 1. The quantitative estimate of drug-likeness (QED) is 0.422. The van der Waals surface area contributed by atoms with E-state index in [-0.39, 0.29) is 0 Å². The van der Waals surface area contributed by atoms with E-state index < -0.39 is 0 Å². The van der Waals surface area contributed by atoms with Crippen molar-refractivity contribution in [2.45, 2.75) is 57.3 Å². The predicted octanol–water partition coefficient (Wildman–Crippen LogP) is 7.39. The zero-order valence-electron chi connectivity index (χ0n) is 18.6. The smallest absolute Gasteiger partial charge is 0.121 e. The number of nitrogens with zero attached hydrogens (tertiary/aromatic N) is 1. The second-order valence-corrected chi connectivity index (χ2v) is 10.1. The fraction of sp³-hybridized carbons (Fsp3) is 0.444. The topological polar surface area (TPSA) is 34.1 Å². The van der Waals surface area contributed by atoms with Gasteiger partial charge in [0.05, 0.1) is 17.7 Å². The third-order valence-corrected chi connectivity index (χ3v) is 7.86. The number of hydrogen-bond donors (Lipinski definition) is 1. The van der Waals surface area contributed by atoms with Crippen LogP contribution in [0.4, 0.5) is 5.69 Å². The largest absolute Gasteiger partial charge is 0.496 e. The van der Waals surface area contributed by atoms with Gasteiger partial charge >= 0.3 is 0 Å². The third kappa shape index (κ3) is 4.79. The molecule has 0 spiro atoms. The molecule has 2 aliphatic carbocycles. The molecular formula is C27H32N2OS. The number of anilines is 1. The first-order valence-electron chi connectivity index (χ1n) is 11.6. The molecule has 0 atom stereocenters. The Morgan fingerprint density at radius 2 is 1.77 bits per heavy atom. The Morgan fingerprint density at radius 3 is 2.52 bits per heavy atom. The second kappa shape index (κ2) is 9.04. The van der Waals surface area contributed by atoms with Crippen LogP contribution in [0.5, 0.6) is 5.75 Å². The first-order valence-corrected chi connectivity index (χ1v) is 12.4. The van der Waals surface area contributed by atoms with Gasteiger partial charge in [-0.05, 0) is 110 Å². The average Bonchev–Trinajstić information content (AvgIpc) is 3.54. The maximum atomic E-state index is 5.42. The molecule has 3 nitrogen and oxygen atoms in total. The van der Waals surface area contributed by atoms with E-state index in [1.807, 2.05) is 0 Å². The molecule has 1 heterocycles. The molecule has 1 N–H and O–H groups in total. The Morgan fingerprint density at radius 1 is 0.968 bits per heavy atom. The highest BCUT2D eigenvalue weighted by molar-refractivity contribution is 7.09. The van der Waals surface area contributed by atoms with Crippen LogP contribution in [0.25, 0.3) is 10.4 Å². The lowest BCUT2D eigenvalue weighted by Crippen LogP contribution is -2.20. The van der Waals surface area contributed by atoms with Gasteiger partial charge in [0.25, 0.3) is 0 Å². The summed E-state index contributed by atoms with van der Waals surface area (Å²) < 4.78 is 10.1. The fourth-order valence-corrected chi connectivity index (χ4v) is 5.71. The van der Waals surface area contributed by atoms with Crippen LogP contribution in [0.15, 0.2) is 48.5 Å². The molecule has 0 amide bonds. The molecule has 0 radical (unpaired) electrons. The van der Waals surface area contributed by atoms with E-state index >= 15 is 0 Å². The lowest BCUT2D eigenvalue weighted by atomic mass is 9.78. The Hall–Kier alpha value is -2.33. The summed E-state index contributed by atoms with van der Waals surface area (Å²) in [7, 11) is 1.75. The highest BCUT2D eigenvalue weighted by Crippen LogP contribution is 2.42. The molecule has 2 saturated carbocycles. The Bertz CT molecular complexity index is 1030. The minimum Gasteiger partial charge on any atom is -0.496 e. The van der Waals surface area contributed by atoms with Crippen molar-refractivity contribution in [1.82, 2.24) is 4.37 Å². The minimum absolute atomic E-state index is 0.691. The number of nitrogens with one attached hydrogen (secondary N) is 1. The first-order chi connectivity index (χ1) is 15.2. The summed E-state index contributed by atoms with van der Waals surface area (Å²) in [6.07, 6.45) is 7.77. The number of aromatic nitrogens is 1. The second-order valence-electron chi connectivity index (χ2n) is 9.30. The van der Waals surface area contributed by atoms with Crippen LogP contribution in [0, 0.1) is 12.8 Å². The Kier molecular flexibility index (Phi) is 5.99. The van der Waals surface area contributed by atoms with Crippen molar-refractivity contribution in [3.63, 3.8) is 0 Å². The molecule has 3 aromatic rings. The number of ether oxygens (including phenoxy) is 1. The predicted molar refractivity (Wildman–Crippen MR) is 130 cm³/mol. The van der Waals surface area contributed by atoms with Gasteiger partial charge in [-0.1, -0.05) is 24.3 Å². The van der Waals surface area contributed by atoms with Crippen molar-refractivity contribution in [2.24, 2.45) is 5.92 Å². The van der Waals surface area contributed by atoms with Crippen LogP contribution in [0.3, 0.4) is 0 Å². The van der Waals surface area contributed by atoms with Crippen molar-refractivity contribution in [2.75, 3.05) is 19.0 Å². The van der Waals surface area contributed by atoms with Gasteiger partial charge in [0.2, 0.25) is 0 Å². The molecule has 4 heteroatoms. The molecule has 31 heavy (non-hydrogen) atoms. The average molecular weight is 433 g/mol. The van der Waals surface area contributed by atoms with Crippen molar-refractivity contribution in [3.05, 3.63) is 65.4 Å². The molecule has 0 bridgehead atoms. The highest BCUT2D eigenvalue weighted by atomic mass is 32.1. The summed E-state index contributed by atoms with van der Waals surface area (Å²) >= 11 is 1.64. The van der Waals surface area contributed by atoms with Gasteiger partial charge in [-0.2, -0.15) is 4.37 Å². The monoisotopic (exact) mass is 432 g/mol. The Balaban J connectivity index is 1.15. The molecule has 2 aliphatic rings.